The lowest BCUT2D eigenvalue weighted by Crippen LogP contribution is -2.24. The molecule has 1 heterocycles. The maximum atomic E-state index is 4.55. The van der Waals surface area contributed by atoms with Crippen LogP contribution in [0, 0.1) is 5.41 Å². The van der Waals surface area contributed by atoms with Gasteiger partial charge in [0.15, 0.2) is 0 Å². The Bertz CT molecular complexity index is 360. The predicted octanol–water partition coefficient (Wildman–Crippen LogP) is 3.46. The molecular formula is C15H29N3. The molecule has 1 atom stereocenters. The van der Waals surface area contributed by atoms with Crippen LogP contribution in [0.15, 0.2) is 6.07 Å². The van der Waals surface area contributed by atoms with Crippen molar-refractivity contribution in [3.05, 3.63) is 17.5 Å². The lowest BCUT2D eigenvalue weighted by atomic mass is 9.88. The summed E-state index contributed by atoms with van der Waals surface area (Å²) in [7, 11) is 2.05. The molecule has 0 fully saturated rings. The van der Waals surface area contributed by atoms with E-state index in [0.717, 1.165) is 13.0 Å². The van der Waals surface area contributed by atoms with Crippen LogP contribution in [0.2, 0.25) is 0 Å². The van der Waals surface area contributed by atoms with Gasteiger partial charge in [-0.25, -0.2) is 0 Å². The third-order valence-electron chi connectivity index (χ3n) is 3.32. The van der Waals surface area contributed by atoms with E-state index in [-0.39, 0.29) is 0 Å². The van der Waals surface area contributed by atoms with Gasteiger partial charge in [0.25, 0.3) is 0 Å². The summed E-state index contributed by atoms with van der Waals surface area (Å²) in [5.41, 5.74) is 2.89. The van der Waals surface area contributed by atoms with Crippen LogP contribution in [-0.4, -0.2) is 16.3 Å². The maximum absolute atomic E-state index is 4.55. The molecule has 1 N–H and O–H groups in total. The summed E-state index contributed by atoms with van der Waals surface area (Å²) in [6.45, 7) is 12.2. The van der Waals surface area contributed by atoms with Crippen LogP contribution in [0.4, 0.5) is 0 Å². The van der Waals surface area contributed by atoms with E-state index in [0.29, 0.717) is 11.5 Å². The van der Waals surface area contributed by atoms with E-state index in [4.69, 9.17) is 0 Å². The summed E-state index contributed by atoms with van der Waals surface area (Å²) in [4.78, 5) is 0. The van der Waals surface area contributed by atoms with E-state index in [2.05, 4.69) is 58.1 Å². The number of aryl methyl sites for hydroxylation is 2. The highest BCUT2D eigenvalue weighted by Crippen LogP contribution is 2.27. The van der Waals surface area contributed by atoms with Crippen LogP contribution >= 0.6 is 0 Å². The first kappa shape index (κ1) is 15.2. The predicted molar refractivity (Wildman–Crippen MR) is 77.7 cm³/mol. The summed E-state index contributed by atoms with van der Waals surface area (Å²) in [6, 6.07) is 2.67. The first-order valence-electron chi connectivity index (χ1n) is 7.13. The number of aromatic nitrogens is 2. The van der Waals surface area contributed by atoms with Gasteiger partial charge in [0, 0.05) is 13.1 Å². The number of rotatable bonds is 6. The Morgan fingerprint density at radius 3 is 2.44 bits per heavy atom. The Morgan fingerprint density at radius 2 is 2.00 bits per heavy atom. The van der Waals surface area contributed by atoms with Crippen LogP contribution in [0.3, 0.4) is 0 Å². The normalized spacial score (nSPS) is 13.9. The molecule has 0 saturated heterocycles. The molecule has 1 aromatic heterocycles. The summed E-state index contributed by atoms with van der Waals surface area (Å²) >= 11 is 0. The molecule has 1 rings (SSSR count). The molecule has 0 aliphatic carbocycles. The molecule has 104 valence electrons. The fourth-order valence-electron chi connectivity index (χ4n) is 2.22. The molecule has 18 heavy (non-hydrogen) atoms. The molecule has 3 nitrogen and oxygen atoms in total. The zero-order chi connectivity index (χ0) is 13.8. The molecule has 0 radical (unpaired) electrons. The van der Waals surface area contributed by atoms with Gasteiger partial charge < -0.3 is 5.32 Å². The van der Waals surface area contributed by atoms with Crippen molar-refractivity contribution in [2.24, 2.45) is 12.5 Å². The van der Waals surface area contributed by atoms with Crippen molar-refractivity contribution in [3.63, 3.8) is 0 Å². The monoisotopic (exact) mass is 251 g/mol. The highest BCUT2D eigenvalue weighted by atomic mass is 15.3. The fraction of sp³-hybridized carbons (Fsp3) is 0.800. The number of nitrogens with one attached hydrogen (secondary N) is 1. The number of nitrogens with zero attached hydrogens (tertiary/aromatic N) is 2. The van der Waals surface area contributed by atoms with Crippen molar-refractivity contribution in [2.45, 2.75) is 59.9 Å². The van der Waals surface area contributed by atoms with Gasteiger partial charge in [0.2, 0.25) is 0 Å². The van der Waals surface area contributed by atoms with E-state index >= 15 is 0 Å². The summed E-state index contributed by atoms with van der Waals surface area (Å²) in [5.74, 6) is 0. The molecular weight excluding hydrogens is 222 g/mol. The second kappa shape index (κ2) is 6.37. The fourth-order valence-corrected chi connectivity index (χ4v) is 2.22. The largest absolute Gasteiger partial charge is 0.309 e. The standard InChI is InChI=1S/C15H29N3/c1-7-12-11-14(18(6)17-12)13(16-8-2)9-10-15(3,4)5/h11,13,16H,7-10H2,1-6H3. The van der Waals surface area contributed by atoms with Gasteiger partial charge >= 0.3 is 0 Å². The summed E-state index contributed by atoms with van der Waals surface area (Å²) in [6.07, 6.45) is 3.39. The highest BCUT2D eigenvalue weighted by molar-refractivity contribution is 5.14. The van der Waals surface area contributed by atoms with Crippen LogP contribution in [-0.2, 0) is 13.5 Å². The maximum Gasteiger partial charge on any atom is 0.0625 e. The second-order valence-electron chi connectivity index (χ2n) is 6.25. The first-order valence-corrected chi connectivity index (χ1v) is 7.13. The Labute approximate surface area is 112 Å². The molecule has 0 saturated carbocycles. The molecule has 0 amide bonds. The van der Waals surface area contributed by atoms with E-state index < -0.39 is 0 Å². The Hall–Kier alpha value is -0.830. The van der Waals surface area contributed by atoms with Crippen molar-refractivity contribution in [1.82, 2.24) is 15.1 Å². The van der Waals surface area contributed by atoms with Crippen molar-refractivity contribution in [1.29, 1.82) is 0 Å². The smallest absolute Gasteiger partial charge is 0.0625 e. The third kappa shape index (κ3) is 4.45. The lowest BCUT2D eigenvalue weighted by Gasteiger charge is -2.24. The summed E-state index contributed by atoms with van der Waals surface area (Å²) in [5, 5.41) is 8.14. The quantitative estimate of drug-likeness (QED) is 0.839. The van der Waals surface area contributed by atoms with Gasteiger partial charge in [-0.3, -0.25) is 4.68 Å². The van der Waals surface area contributed by atoms with Crippen molar-refractivity contribution >= 4 is 0 Å². The Morgan fingerprint density at radius 1 is 1.33 bits per heavy atom. The highest BCUT2D eigenvalue weighted by Gasteiger charge is 2.19. The van der Waals surface area contributed by atoms with Crippen LogP contribution in [0.1, 0.15) is 64.9 Å². The molecule has 0 bridgehead atoms. The average molecular weight is 251 g/mol. The molecule has 1 unspecified atom stereocenters. The van der Waals surface area contributed by atoms with Crippen LogP contribution in [0.5, 0.6) is 0 Å². The first-order chi connectivity index (χ1) is 8.37. The van der Waals surface area contributed by atoms with Crippen molar-refractivity contribution < 1.29 is 0 Å². The topological polar surface area (TPSA) is 29.9 Å². The summed E-state index contributed by atoms with van der Waals surface area (Å²) < 4.78 is 2.04. The number of hydrogen-bond donors (Lipinski definition) is 1. The van der Waals surface area contributed by atoms with E-state index in [1.807, 2.05) is 4.68 Å². The molecule has 0 aromatic carbocycles. The minimum atomic E-state index is 0.389. The van der Waals surface area contributed by atoms with Gasteiger partial charge in [-0.1, -0.05) is 34.6 Å². The van der Waals surface area contributed by atoms with Crippen molar-refractivity contribution in [3.8, 4) is 0 Å². The third-order valence-corrected chi connectivity index (χ3v) is 3.32. The number of hydrogen-bond acceptors (Lipinski definition) is 2. The molecule has 3 heteroatoms. The zero-order valence-corrected chi connectivity index (χ0v) is 12.9. The van der Waals surface area contributed by atoms with Gasteiger partial charge in [0.05, 0.1) is 11.4 Å². The molecule has 0 aliphatic rings. The second-order valence-corrected chi connectivity index (χ2v) is 6.25. The zero-order valence-electron chi connectivity index (χ0n) is 12.9. The van der Waals surface area contributed by atoms with Gasteiger partial charge in [-0.05, 0) is 37.3 Å². The Kier molecular flexibility index (Phi) is 5.39. The van der Waals surface area contributed by atoms with Crippen LogP contribution < -0.4 is 5.32 Å². The van der Waals surface area contributed by atoms with Gasteiger partial charge in [0.1, 0.15) is 0 Å². The van der Waals surface area contributed by atoms with Gasteiger partial charge in [-0.15, -0.1) is 0 Å². The minimum Gasteiger partial charge on any atom is -0.309 e. The van der Waals surface area contributed by atoms with E-state index in [1.54, 1.807) is 0 Å². The molecule has 0 aliphatic heterocycles. The molecule has 1 aromatic rings. The average Bonchev–Trinajstić information content (AvgIpc) is 2.64. The van der Waals surface area contributed by atoms with Crippen LogP contribution in [0.25, 0.3) is 0 Å². The SMILES string of the molecule is CCNC(CCC(C)(C)C)c1cc(CC)nn1C. The lowest BCUT2D eigenvalue weighted by molar-refractivity contribution is 0.328. The Balaban J connectivity index is 2.79. The van der Waals surface area contributed by atoms with E-state index in [9.17, 15) is 0 Å². The van der Waals surface area contributed by atoms with Crippen molar-refractivity contribution in [2.75, 3.05) is 6.54 Å². The minimum absolute atomic E-state index is 0.389. The van der Waals surface area contributed by atoms with Gasteiger partial charge in [-0.2, -0.15) is 5.10 Å². The molecule has 0 spiro atoms. The van der Waals surface area contributed by atoms with E-state index in [1.165, 1.54) is 24.2 Å².